The smallest absolute Gasteiger partial charge is 0.0701 e. The average molecular weight is 366 g/mol. The van der Waals surface area contributed by atoms with Crippen molar-refractivity contribution in [2.75, 3.05) is 0 Å². The topological polar surface area (TPSA) is 12.9 Å². The van der Waals surface area contributed by atoms with Crippen molar-refractivity contribution in [3.63, 3.8) is 0 Å². The number of rotatable bonds is 7. The molecule has 0 saturated heterocycles. The maximum absolute atomic E-state index is 4.81. The first kappa shape index (κ1) is 18.4. The number of benzene rings is 2. The van der Waals surface area contributed by atoms with Crippen LogP contribution in [0.25, 0.3) is 5.57 Å². The summed E-state index contributed by atoms with van der Waals surface area (Å²) in [5.41, 5.74) is 7.98. The summed E-state index contributed by atoms with van der Waals surface area (Å²) in [7, 11) is 0. The Hall–Kier alpha value is -2.93. The zero-order chi connectivity index (χ0) is 19.0. The lowest BCUT2D eigenvalue weighted by atomic mass is 9.94. The van der Waals surface area contributed by atoms with E-state index in [2.05, 4.69) is 91.2 Å². The fraction of sp³-hybridized carbons (Fsp3) is 0.222. The second kappa shape index (κ2) is 9.32. The van der Waals surface area contributed by atoms with Crippen molar-refractivity contribution in [3.8, 4) is 0 Å². The van der Waals surface area contributed by atoms with Crippen molar-refractivity contribution >= 4 is 5.57 Å². The molecule has 2 aromatic carbocycles. The van der Waals surface area contributed by atoms with Crippen LogP contribution < -0.4 is 0 Å². The number of hydrogen-bond donors (Lipinski definition) is 0. The lowest BCUT2D eigenvalue weighted by Crippen LogP contribution is -2.03. The average Bonchev–Trinajstić information content (AvgIpc) is 2.78. The molecular weight excluding hydrogens is 338 g/mol. The van der Waals surface area contributed by atoms with Gasteiger partial charge in [0.2, 0.25) is 0 Å². The molecule has 0 spiro atoms. The van der Waals surface area contributed by atoms with Gasteiger partial charge in [0.1, 0.15) is 0 Å². The van der Waals surface area contributed by atoms with Gasteiger partial charge in [-0.3, -0.25) is 4.98 Å². The summed E-state index contributed by atoms with van der Waals surface area (Å²) in [5.74, 6) is 0. The van der Waals surface area contributed by atoms with Gasteiger partial charge in [0.25, 0.3) is 0 Å². The summed E-state index contributed by atoms with van der Waals surface area (Å²) in [6.45, 7) is 0. The Kier molecular flexibility index (Phi) is 6.14. The zero-order valence-electron chi connectivity index (χ0n) is 16.4. The molecule has 0 amide bonds. The normalized spacial score (nSPS) is 13.4. The number of aromatic nitrogens is 1. The summed E-state index contributed by atoms with van der Waals surface area (Å²) in [6.07, 6.45) is 15.4. The number of pyridine rings is 1. The highest BCUT2D eigenvalue weighted by molar-refractivity contribution is 5.72. The lowest BCUT2D eigenvalue weighted by Gasteiger charge is -2.13. The van der Waals surface area contributed by atoms with Crippen LogP contribution in [0.1, 0.15) is 40.8 Å². The Labute approximate surface area is 168 Å². The largest absolute Gasteiger partial charge is 0.256 e. The molecule has 0 bridgehead atoms. The molecule has 1 aliphatic carbocycles. The fourth-order valence-corrected chi connectivity index (χ4v) is 3.79. The first-order chi connectivity index (χ1) is 13.9. The van der Waals surface area contributed by atoms with E-state index >= 15 is 0 Å². The minimum atomic E-state index is 1.04. The summed E-state index contributed by atoms with van der Waals surface area (Å²) >= 11 is 0. The highest BCUT2D eigenvalue weighted by Crippen LogP contribution is 2.23. The third-order valence-electron chi connectivity index (χ3n) is 5.43. The second-order valence-electron chi connectivity index (χ2n) is 7.45. The molecule has 0 radical (unpaired) electrons. The molecule has 1 aliphatic rings. The third kappa shape index (κ3) is 4.86. The molecule has 0 atom stereocenters. The first-order valence-corrected chi connectivity index (χ1v) is 10.3. The van der Waals surface area contributed by atoms with Crippen molar-refractivity contribution in [1.82, 2.24) is 4.98 Å². The van der Waals surface area contributed by atoms with E-state index in [0.717, 1.165) is 44.2 Å². The van der Waals surface area contributed by atoms with Gasteiger partial charge in [0.05, 0.1) is 5.69 Å². The van der Waals surface area contributed by atoms with E-state index in [1.165, 1.54) is 27.8 Å². The van der Waals surface area contributed by atoms with Crippen molar-refractivity contribution in [1.29, 1.82) is 0 Å². The van der Waals surface area contributed by atoms with E-state index in [-0.39, 0.29) is 0 Å². The Balaban J connectivity index is 1.56. The van der Waals surface area contributed by atoms with Crippen molar-refractivity contribution in [3.05, 3.63) is 119 Å². The Morgan fingerprint density at radius 2 is 1.32 bits per heavy atom. The predicted octanol–water partition coefficient (Wildman–Crippen LogP) is 6.39. The van der Waals surface area contributed by atoms with E-state index in [1.54, 1.807) is 0 Å². The van der Waals surface area contributed by atoms with Gasteiger partial charge in [0.15, 0.2) is 0 Å². The van der Waals surface area contributed by atoms with Crippen LogP contribution in [0.4, 0.5) is 0 Å². The third-order valence-corrected chi connectivity index (χ3v) is 5.43. The van der Waals surface area contributed by atoms with Gasteiger partial charge in [-0.15, -0.1) is 0 Å². The Bertz CT molecular complexity index is 952. The molecule has 28 heavy (non-hydrogen) atoms. The van der Waals surface area contributed by atoms with E-state index in [9.17, 15) is 0 Å². The van der Waals surface area contributed by atoms with Crippen LogP contribution in [0.15, 0.2) is 91.2 Å². The highest BCUT2D eigenvalue weighted by Gasteiger charge is 2.10. The van der Waals surface area contributed by atoms with Gasteiger partial charge in [0, 0.05) is 6.20 Å². The van der Waals surface area contributed by atoms with Crippen LogP contribution in [0, 0.1) is 0 Å². The molecule has 0 N–H and O–H groups in total. The number of aryl methyl sites for hydroxylation is 4. The summed E-state index contributed by atoms with van der Waals surface area (Å²) in [6, 6.07) is 23.8. The summed E-state index contributed by atoms with van der Waals surface area (Å²) < 4.78 is 0. The van der Waals surface area contributed by atoms with Gasteiger partial charge in [-0.1, -0.05) is 78.9 Å². The predicted molar refractivity (Wildman–Crippen MR) is 118 cm³/mol. The standard InChI is InChI=1S/C27H27N/c1-4-10-22(11-5-1)16-18-25-20-27(24-14-8-3-9-15-24)28-21-26(25)19-17-23-12-6-2-7-13-23/h1-2,4-8,10-15,20-21H,3,9,16-19H2. The van der Waals surface area contributed by atoms with Crippen LogP contribution in [0.5, 0.6) is 0 Å². The molecule has 0 saturated carbocycles. The van der Waals surface area contributed by atoms with Crippen LogP contribution >= 0.6 is 0 Å². The van der Waals surface area contributed by atoms with E-state index in [1.807, 2.05) is 0 Å². The molecule has 0 aliphatic heterocycles. The fourth-order valence-electron chi connectivity index (χ4n) is 3.79. The maximum atomic E-state index is 4.81. The van der Waals surface area contributed by atoms with Crippen molar-refractivity contribution in [2.45, 2.75) is 38.5 Å². The molecule has 1 heteroatoms. The Morgan fingerprint density at radius 1 is 0.679 bits per heavy atom. The summed E-state index contributed by atoms with van der Waals surface area (Å²) in [4.78, 5) is 4.81. The van der Waals surface area contributed by atoms with E-state index < -0.39 is 0 Å². The summed E-state index contributed by atoms with van der Waals surface area (Å²) in [5, 5.41) is 0. The molecule has 0 fully saturated rings. The van der Waals surface area contributed by atoms with Gasteiger partial charge in [-0.05, 0) is 72.4 Å². The van der Waals surface area contributed by atoms with E-state index in [4.69, 9.17) is 4.98 Å². The molecule has 1 nitrogen and oxygen atoms in total. The van der Waals surface area contributed by atoms with Crippen LogP contribution in [0.2, 0.25) is 0 Å². The maximum Gasteiger partial charge on any atom is 0.0701 e. The first-order valence-electron chi connectivity index (χ1n) is 10.3. The van der Waals surface area contributed by atoms with Gasteiger partial charge in [-0.25, -0.2) is 0 Å². The monoisotopic (exact) mass is 365 g/mol. The number of hydrogen-bond acceptors (Lipinski definition) is 1. The van der Waals surface area contributed by atoms with Crippen molar-refractivity contribution < 1.29 is 0 Å². The van der Waals surface area contributed by atoms with Crippen LogP contribution in [0.3, 0.4) is 0 Å². The second-order valence-corrected chi connectivity index (χ2v) is 7.45. The lowest BCUT2D eigenvalue weighted by molar-refractivity contribution is 0.882. The molecule has 1 aromatic heterocycles. The quantitative estimate of drug-likeness (QED) is 0.473. The highest BCUT2D eigenvalue weighted by atomic mass is 14.7. The molecule has 1 heterocycles. The van der Waals surface area contributed by atoms with Gasteiger partial charge >= 0.3 is 0 Å². The molecule has 3 aromatic rings. The van der Waals surface area contributed by atoms with E-state index in [0.29, 0.717) is 0 Å². The number of nitrogens with zero attached hydrogens (tertiary/aromatic N) is 1. The zero-order valence-corrected chi connectivity index (χ0v) is 16.4. The van der Waals surface area contributed by atoms with Gasteiger partial charge in [-0.2, -0.15) is 0 Å². The molecule has 140 valence electrons. The molecule has 4 rings (SSSR count). The number of allylic oxidation sites excluding steroid dienone is 4. The van der Waals surface area contributed by atoms with Crippen molar-refractivity contribution in [2.24, 2.45) is 0 Å². The molecular formula is C27H27N. The SMILES string of the molecule is C1=CC(c2cc(CCc3ccccc3)c(CCc3ccccc3)cn2)=CCC1. The minimum Gasteiger partial charge on any atom is -0.256 e. The minimum absolute atomic E-state index is 1.04. The van der Waals surface area contributed by atoms with Crippen LogP contribution in [-0.2, 0) is 25.7 Å². The van der Waals surface area contributed by atoms with Gasteiger partial charge < -0.3 is 0 Å². The Morgan fingerprint density at radius 3 is 1.93 bits per heavy atom. The molecule has 0 unspecified atom stereocenters. The van der Waals surface area contributed by atoms with Crippen LogP contribution in [-0.4, -0.2) is 4.98 Å².